The molecule has 1 aliphatic rings. The third-order valence-electron chi connectivity index (χ3n) is 2.22. The Balaban J connectivity index is 2.50. The Kier molecular flexibility index (Phi) is 1.55. The first kappa shape index (κ1) is 8.10. The Bertz CT molecular complexity index is 368. The zero-order chi connectivity index (χ0) is 9.59. The fraction of sp³-hybridized carbons (Fsp3) is 0.500. The lowest BCUT2D eigenvalue weighted by Crippen LogP contribution is -2.36. The van der Waals surface area contributed by atoms with Crippen LogP contribution in [0.4, 0.5) is 11.5 Å². The van der Waals surface area contributed by atoms with Crippen molar-refractivity contribution in [2.75, 3.05) is 10.6 Å². The van der Waals surface area contributed by atoms with Crippen molar-refractivity contribution in [1.82, 2.24) is 9.78 Å². The zero-order valence-corrected chi connectivity index (χ0v) is 7.88. The number of carbonyl (C=O) groups excluding carboxylic acids is 1. The number of carbonyl (C=O) groups is 1. The molecule has 2 heterocycles. The molecule has 2 rings (SSSR count). The molecule has 2 N–H and O–H groups in total. The first-order valence-electron chi connectivity index (χ1n) is 4.20. The van der Waals surface area contributed by atoms with E-state index in [4.69, 9.17) is 0 Å². The molecule has 1 aromatic rings. The van der Waals surface area contributed by atoms with Crippen LogP contribution in [0.25, 0.3) is 0 Å². The summed E-state index contributed by atoms with van der Waals surface area (Å²) in [7, 11) is 1.85. The van der Waals surface area contributed by atoms with Crippen molar-refractivity contribution in [3.8, 4) is 0 Å². The molecule has 5 heteroatoms. The Labute approximate surface area is 76.1 Å². The number of aryl methyl sites for hydroxylation is 2. The highest BCUT2D eigenvalue weighted by molar-refractivity contribution is 6.02. The molecule has 0 bridgehead atoms. The molecular weight excluding hydrogens is 168 g/mol. The number of hydrogen-bond donors (Lipinski definition) is 2. The maximum absolute atomic E-state index is 11.3. The fourth-order valence-corrected chi connectivity index (χ4v) is 1.48. The number of nitrogens with one attached hydrogen (secondary N) is 2. The van der Waals surface area contributed by atoms with Crippen LogP contribution >= 0.6 is 0 Å². The maximum Gasteiger partial charge on any atom is 0.246 e. The molecule has 13 heavy (non-hydrogen) atoms. The summed E-state index contributed by atoms with van der Waals surface area (Å²) in [5.41, 5.74) is 1.64. The van der Waals surface area contributed by atoms with Gasteiger partial charge in [-0.25, -0.2) is 0 Å². The van der Waals surface area contributed by atoms with Gasteiger partial charge in [0.25, 0.3) is 0 Å². The van der Waals surface area contributed by atoms with Crippen molar-refractivity contribution in [1.29, 1.82) is 0 Å². The van der Waals surface area contributed by atoms with E-state index in [2.05, 4.69) is 15.7 Å². The van der Waals surface area contributed by atoms with Crippen LogP contribution in [0.15, 0.2) is 0 Å². The molecule has 1 atom stereocenters. The fourth-order valence-electron chi connectivity index (χ4n) is 1.48. The van der Waals surface area contributed by atoms with Crippen LogP contribution in [0.1, 0.15) is 12.6 Å². The van der Waals surface area contributed by atoms with E-state index in [0.29, 0.717) is 0 Å². The van der Waals surface area contributed by atoms with E-state index in [-0.39, 0.29) is 11.9 Å². The molecule has 0 spiro atoms. The molecule has 0 aliphatic carbocycles. The van der Waals surface area contributed by atoms with Gasteiger partial charge in [0, 0.05) is 7.05 Å². The van der Waals surface area contributed by atoms with Gasteiger partial charge in [0.05, 0.1) is 5.69 Å². The number of nitrogens with zero attached hydrogens (tertiary/aromatic N) is 2. The summed E-state index contributed by atoms with van der Waals surface area (Å²) in [6, 6.07) is -0.192. The molecule has 1 unspecified atom stereocenters. The second kappa shape index (κ2) is 2.48. The van der Waals surface area contributed by atoms with Gasteiger partial charge in [0.2, 0.25) is 5.91 Å². The van der Waals surface area contributed by atoms with E-state index in [1.807, 2.05) is 20.9 Å². The van der Waals surface area contributed by atoms with Crippen LogP contribution < -0.4 is 10.6 Å². The second-order valence-electron chi connectivity index (χ2n) is 3.29. The van der Waals surface area contributed by atoms with E-state index in [0.717, 1.165) is 17.2 Å². The molecular formula is C8H12N4O. The number of amides is 1. The third kappa shape index (κ3) is 1.07. The highest BCUT2D eigenvalue weighted by atomic mass is 16.2. The summed E-state index contributed by atoms with van der Waals surface area (Å²) < 4.78 is 1.74. The van der Waals surface area contributed by atoms with Gasteiger partial charge in [-0.1, -0.05) is 0 Å². The number of anilines is 2. The highest BCUT2D eigenvalue weighted by Gasteiger charge is 2.25. The molecule has 0 aromatic carbocycles. The van der Waals surface area contributed by atoms with Gasteiger partial charge in [-0.05, 0) is 13.8 Å². The van der Waals surface area contributed by atoms with Gasteiger partial charge in [0.15, 0.2) is 0 Å². The van der Waals surface area contributed by atoms with Crippen LogP contribution in [0.2, 0.25) is 0 Å². The van der Waals surface area contributed by atoms with Gasteiger partial charge in [-0.15, -0.1) is 0 Å². The summed E-state index contributed by atoms with van der Waals surface area (Å²) in [4.78, 5) is 11.3. The smallest absolute Gasteiger partial charge is 0.246 e. The van der Waals surface area contributed by atoms with E-state index >= 15 is 0 Å². The quantitative estimate of drug-likeness (QED) is 0.610. The predicted octanol–water partition coefficient (Wildman–Crippen LogP) is 0.481. The first-order chi connectivity index (χ1) is 6.09. The van der Waals surface area contributed by atoms with E-state index in [9.17, 15) is 4.79 Å². The van der Waals surface area contributed by atoms with Crippen molar-refractivity contribution in [3.05, 3.63) is 5.69 Å². The zero-order valence-electron chi connectivity index (χ0n) is 7.88. The average molecular weight is 180 g/mol. The van der Waals surface area contributed by atoms with Gasteiger partial charge in [0.1, 0.15) is 17.5 Å². The highest BCUT2D eigenvalue weighted by Crippen LogP contribution is 2.28. The largest absolute Gasteiger partial charge is 0.357 e. The molecule has 0 saturated heterocycles. The minimum absolute atomic E-state index is 0.0106. The van der Waals surface area contributed by atoms with Crippen molar-refractivity contribution < 1.29 is 4.79 Å². The Morgan fingerprint density at radius 1 is 1.54 bits per heavy atom. The van der Waals surface area contributed by atoms with Crippen LogP contribution in [0.3, 0.4) is 0 Å². The molecule has 1 aliphatic heterocycles. The van der Waals surface area contributed by atoms with Crippen molar-refractivity contribution in [2.45, 2.75) is 19.9 Å². The number of fused-ring (bicyclic) bond motifs is 1. The van der Waals surface area contributed by atoms with Crippen LogP contribution in [-0.2, 0) is 11.8 Å². The van der Waals surface area contributed by atoms with Crippen LogP contribution in [0, 0.1) is 6.92 Å². The SMILES string of the molecule is Cc1nn(C)c2c1NC(=O)C(C)N2. The second-order valence-corrected chi connectivity index (χ2v) is 3.29. The minimum Gasteiger partial charge on any atom is -0.357 e. The Morgan fingerprint density at radius 2 is 2.23 bits per heavy atom. The molecule has 1 aromatic heterocycles. The minimum atomic E-state index is -0.192. The maximum atomic E-state index is 11.3. The number of aromatic nitrogens is 2. The van der Waals surface area contributed by atoms with Gasteiger partial charge in [-0.2, -0.15) is 5.10 Å². The first-order valence-corrected chi connectivity index (χ1v) is 4.20. The average Bonchev–Trinajstić information content (AvgIpc) is 2.31. The molecule has 70 valence electrons. The van der Waals surface area contributed by atoms with Crippen LogP contribution in [0.5, 0.6) is 0 Å². The van der Waals surface area contributed by atoms with Crippen molar-refractivity contribution >= 4 is 17.4 Å². The lowest BCUT2D eigenvalue weighted by Gasteiger charge is -2.21. The van der Waals surface area contributed by atoms with E-state index < -0.39 is 0 Å². The van der Waals surface area contributed by atoms with Gasteiger partial charge in [-0.3, -0.25) is 9.48 Å². The van der Waals surface area contributed by atoms with Gasteiger partial charge >= 0.3 is 0 Å². The Morgan fingerprint density at radius 3 is 2.92 bits per heavy atom. The Hall–Kier alpha value is -1.52. The molecule has 5 nitrogen and oxygen atoms in total. The summed E-state index contributed by atoms with van der Waals surface area (Å²) in [6.07, 6.45) is 0. The lowest BCUT2D eigenvalue weighted by molar-refractivity contribution is -0.116. The summed E-state index contributed by atoms with van der Waals surface area (Å²) in [5, 5.41) is 10.1. The topological polar surface area (TPSA) is 59.0 Å². The van der Waals surface area contributed by atoms with Gasteiger partial charge < -0.3 is 10.6 Å². The molecule has 0 fully saturated rings. The summed E-state index contributed by atoms with van der Waals surface area (Å²) in [5.74, 6) is 0.869. The monoisotopic (exact) mass is 180 g/mol. The standard InChI is InChI=1S/C8H12N4O/c1-4-6-7(12(3)11-4)9-5(2)8(13)10-6/h5,9H,1-3H3,(H,10,13). The third-order valence-corrected chi connectivity index (χ3v) is 2.22. The van der Waals surface area contributed by atoms with E-state index in [1.165, 1.54) is 0 Å². The summed E-state index contributed by atoms with van der Waals surface area (Å²) in [6.45, 7) is 3.69. The normalized spacial score (nSPS) is 20.5. The lowest BCUT2D eigenvalue weighted by atomic mass is 10.2. The van der Waals surface area contributed by atoms with Crippen molar-refractivity contribution in [3.63, 3.8) is 0 Å². The number of rotatable bonds is 0. The number of hydrogen-bond acceptors (Lipinski definition) is 3. The molecule has 0 saturated carbocycles. The molecule has 0 radical (unpaired) electrons. The van der Waals surface area contributed by atoms with Crippen LogP contribution in [-0.4, -0.2) is 21.7 Å². The van der Waals surface area contributed by atoms with Crippen molar-refractivity contribution in [2.24, 2.45) is 7.05 Å². The predicted molar refractivity (Wildman–Crippen MR) is 49.7 cm³/mol. The summed E-state index contributed by atoms with van der Waals surface area (Å²) >= 11 is 0. The molecule has 1 amide bonds. The van der Waals surface area contributed by atoms with E-state index in [1.54, 1.807) is 4.68 Å².